The van der Waals surface area contributed by atoms with Crippen LogP contribution in [0.3, 0.4) is 0 Å². The Labute approximate surface area is 222 Å². The van der Waals surface area contributed by atoms with E-state index in [1.165, 1.54) is 6.07 Å². The van der Waals surface area contributed by atoms with Crippen LogP contribution in [-0.2, 0) is 25.7 Å². The molecule has 0 bridgehead atoms. The highest BCUT2D eigenvalue weighted by Crippen LogP contribution is 2.29. The van der Waals surface area contributed by atoms with Gasteiger partial charge in [0, 0.05) is 5.56 Å². The van der Waals surface area contributed by atoms with E-state index in [0.29, 0.717) is 47.9 Å². The Balaban J connectivity index is 1.70. The highest BCUT2D eigenvalue weighted by molar-refractivity contribution is 5.78. The lowest BCUT2D eigenvalue weighted by Crippen LogP contribution is -2.16. The summed E-state index contributed by atoms with van der Waals surface area (Å²) in [6.45, 7) is 4.54. The Kier molecular flexibility index (Phi) is 14.1. The number of aliphatic hydroxyl groups is 1. The second-order valence-corrected chi connectivity index (χ2v) is 8.16. The van der Waals surface area contributed by atoms with Gasteiger partial charge in [-0.3, -0.25) is 14.4 Å². The molecule has 0 atom stereocenters. The van der Waals surface area contributed by atoms with Gasteiger partial charge in [-0.2, -0.15) is 0 Å². The molecule has 208 valence electrons. The summed E-state index contributed by atoms with van der Waals surface area (Å²) < 4.78 is 32.5. The van der Waals surface area contributed by atoms with Crippen molar-refractivity contribution in [3.63, 3.8) is 0 Å². The molecule has 0 saturated heterocycles. The number of carbonyl (C=O) groups excluding carboxylic acids is 3. The van der Waals surface area contributed by atoms with Crippen LogP contribution in [0.1, 0.15) is 61.9 Å². The van der Waals surface area contributed by atoms with Crippen LogP contribution < -0.4 is 18.9 Å². The molecule has 0 amide bonds. The Bertz CT molecular complexity index is 1020. The number of hydrogen-bond donors (Lipinski definition) is 1. The van der Waals surface area contributed by atoms with E-state index in [9.17, 15) is 19.5 Å². The molecule has 38 heavy (non-hydrogen) atoms. The first kappa shape index (κ1) is 30.4. The molecule has 0 aliphatic carbocycles. The molecule has 0 aromatic heterocycles. The quantitative estimate of drug-likeness (QED) is 0.121. The normalized spacial score (nSPS) is 10.4. The summed E-state index contributed by atoms with van der Waals surface area (Å²) in [5.74, 6) is 0.489. The molecule has 0 aliphatic rings. The van der Waals surface area contributed by atoms with E-state index in [-0.39, 0.29) is 38.4 Å². The zero-order valence-electron chi connectivity index (χ0n) is 21.9. The molecule has 0 fully saturated rings. The van der Waals surface area contributed by atoms with Gasteiger partial charge in [0.1, 0.15) is 19.5 Å². The number of ether oxygens (including phenoxy) is 6. The first-order valence-electron chi connectivity index (χ1n) is 12.7. The van der Waals surface area contributed by atoms with Gasteiger partial charge >= 0.3 is 11.9 Å². The van der Waals surface area contributed by atoms with Gasteiger partial charge < -0.3 is 33.5 Å². The van der Waals surface area contributed by atoms with Gasteiger partial charge in [-0.05, 0) is 48.7 Å². The zero-order chi connectivity index (χ0) is 27.6. The van der Waals surface area contributed by atoms with Gasteiger partial charge in [0.05, 0.1) is 32.7 Å². The number of hydrogen-bond acceptors (Lipinski definition) is 10. The number of aldehydes is 1. The predicted octanol–water partition coefficient (Wildman–Crippen LogP) is 4.24. The summed E-state index contributed by atoms with van der Waals surface area (Å²) in [7, 11) is 0. The van der Waals surface area contributed by atoms with Gasteiger partial charge in [-0.15, -0.1) is 0 Å². The molecule has 0 heterocycles. The van der Waals surface area contributed by atoms with Crippen LogP contribution in [0.4, 0.5) is 0 Å². The molecule has 10 nitrogen and oxygen atoms in total. The number of aliphatic hydroxyl groups excluding tert-OH is 1. The van der Waals surface area contributed by atoms with Crippen molar-refractivity contribution >= 4 is 18.2 Å². The molecule has 0 aliphatic heterocycles. The molecule has 10 heteroatoms. The van der Waals surface area contributed by atoms with E-state index in [0.717, 1.165) is 19.3 Å². The van der Waals surface area contributed by atoms with Crippen molar-refractivity contribution in [1.29, 1.82) is 0 Å². The van der Waals surface area contributed by atoms with Gasteiger partial charge in [0.15, 0.2) is 23.0 Å². The van der Waals surface area contributed by atoms with Gasteiger partial charge in [0.25, 0.3) is 0 Å². The van der Waals surface area contributed by atoms with Crippen molar-refractivity contribution in [2.24, 2.45) is 0 Å². The average molecular weight is 533 g/mol. The van der Waals surface area contributed by atoms with Crippen LogP contribution in [-0.4, -0.2) is 56.6 Å². The molecule has 0 spiro atoms. The van der Waals surface area contributed by atoms with Gasteiger partial charge in [0.2, 0.25) is 6.79 Å². The maximum absolute atomic E-state index is 12.0. The van der Waals surface area contributed by atoms with E-state index < -0.39 is 18.7 Å². The minimum absolute atomic E-state index is 0.0254. The van der Waals surface area contributed by atoms with Crippen LogP contribution >= 0.6 is 0 Å². The smallest absolute Gasteiger partial charge is 0.309 e. The number of rotatable bonds is 19. The topological polar surface area (TPSA) is 127 Å². The second kappa shape index (κ2) is 17.6. The Morgan fingerprint density at radius 1 is 0.737 bits per heavy atom. The number of esters is 2. The first-order chi connectivity index (χ1) is 18.5. The third kappa shape index (κ3) is 11.1. The minimum atomic E-state index is -0.643. The molecule has 2 rings (SSSR count). The van der Waals surface area contributed by atoms with Crippen LogP contribution in [0, 0.1) is 0 Å². The summed E-state index contributed by atoms with van der Waals surface area (Å²) in [4.78, 5) is 35.0. The Hall–Kier alpha value is -3.79. The van der Waals surface area contributed by atoms with Crippen molar-refractivity contribution in [3.8, 4) is 23.0 Å². The average Bonchev–Trinajstić information content (AvgIpc) is 2.94. The third-order valence-electron chi connectivity index (χ3n) is 5.08. The SMILES string of the molecule is CCCCOc1ccc(CO)cc1OCCOC(=O)CCC(=O)OCOc1cc(C=O)ccc1OCCC. The Morgan fingerprint density at radius 3 is 2.08 bits per heavy atom. The molecule has 0 radical (unpaired) electrons. The summed E-state index contributed by atoms with van der Waals surface area (Å²) in [5.41, 5.74) is 1.06. The van der Waals surface area contributed by atoms with E-state index in [1.807, 2.05) is 6.92 Å². The summed E-state index contributed by atoms with van der Waals surface area (Å²) >= 11 is 0. The van der Waals surface area contributed by atoms with Gasteiger partial charge in [-0.1, -0.05) is 26.3 Å². The van der Waals surface area contributed by atoms with E-state index in [1.54, 1.807) is 30.3 Å². The number of unbranched alkanes of at least 4 members (excludes halogenated alkanes) is 1. The van der Waals surface area contributed by atoms with Crippen LogP contribution in [0.25, 0.3) is 0 Å². The van der Waals surface area contributed by atoms with Crippen LogP contribution in [0.5, 0.6) is 23.0 Å². The van der Waals surface area contributed by atoms with Crippen molar-refractivity contribution in [3.05, 3.63) is 47.5 Å². The molecule has 1 N–H and O–H groups in total. The van der Waals surface area contributed by atoms with Crippen molar-refractivity contribution in [1.82, 2.24) is 0 Å². The molecule has 0 saturated carbocycles. The van der Waals surface area contributed by atoms with Crippen molar-refractivity contribution in [2.45, 2.75) is 52.6 Å². The number of carbonyl (C=O) groups is 3. The maximum Gasteiger partial charge on any atom is 0.309 e. The summed E-state index contributed by atoms with van der Waals surface area (Å²) in [6, 6.07) is 9.86. The lowest BCUT2D eigenvalue weighted by molar-refractivity contribution is -0.154. The van der Waals surface area contributed by atoms with E-state index in [2.05, 4.69) is 6.92 Å². The number of benzene rings is 2. The predicted molar refractivity (Wildman–Crippen MR) is 138 cm³/mol. The highest BCUT2D eigenvalue weighted by atomic mass is 16.7. The fourth-order valence-corrected chi connectivity index (χ4v) is 3.07. The third-order valence-corrected chi connectivity index (χ3v) is 5.08. The van der Waals surface area contributed by atoms with Gasteiger partial charge in [-0.25, -0.2) is 0 Å². The monoisotopic (exact) mass is 532 g/mol. The lowest BCUT2D eigenvalue weighted by atomic mass is 10.2. The molecule has 2 aromatic carbocycles. The van der Waals surface area contributed by atoms with E-state index in [4.69, 9.17) is 28.4 Å². The first-order valence-corrected chi connectivity index (χ1v) is 12.7. The standard InChI is InChI=1S/C28H36O10/c1-3-5-13-34-23-8-6-21(18-29)16-25(23)35-14-15-36-27(31)10-11-28(32)38-20-37-26-17-22(19-30)7-9-24(26)33-12-4-2/h6-9,16-17,19,29H,3-5,10-15,18,20H2,1-2H3. The molecular formula is C28H36O10. The second-order valence-electron chi connectivity index (χ2n) is 8.16. The van der Waals surface area contributed by atoms with E-state index >= 15 is 0 Å². The van der Waals surface area contributed by atoms with Crippen LogP contribution in [0.2, 0.25) is 0 Å². The largest absolute Gasteiger partial charge is 0.490 e. The zero-order valence-corrected chi connectivity index (χ0v) is 21.9. The van der Waals surface area contributed by atoms with Crippen LogP contribution in [0.15, 0.2) is 36.4 Å². The Morgan fingerprint density at radius 2 is 1.39 bits per heavy atom. The maximum atomic E-state index is 12.0. The molecule has 2 aromatic rings. The fourth-order valence-electron chi connectivity index (χ4n) is 3.07. The lowest BCUT2D eigenvalue weighted by Gasteiger charge is -2.14. The summed E-state index contributed by atoms with van der Waals surface area (Å²) in [5, 5.41) is 9.36. The summed E-state index contributed by atoms with van der Waals surface area (Å²) in [6.07, 6.45) is 2.99. The molecule has 0 unspecified atom stereocenters. The highest BCUT2D eigenvalue weighted by Gasteiger charge is 2.12. The fraction of sp³-hybridized carbons (Fsp3) is 0.464. The van der Waals surface area contributed by atoms with Crippen molar-refractivity contribution in [2.75, 3.05) is 33.2 Å². The van der Waals surface area contributed by atoms with Crippen molar-refractivity contribution < 1.29 is 47.9 Å². The molecular weight excluding hydrogens is 496 g/mol. The minimum Gasteiger partial charge on any atom is -0.490 e.